The summed E-state index contributed by atoms with van der Waals surface area (Å²) in [6.45, 7) is 5.00. The molecule has 1 N–H and O–H groups in total. The van der Waals surface area contributed by atoms with Crippen LogP contribution in [0.3, 0.4) is 0 Å². The summed E-state index contributed by atoms with van der Waals surface area (Å²) in [5.41, 5.74) is -0.889. The molecule has 0 heterocycles. The van der Waals surface area contributed by atoms with E-state index in [4.69, 9.17) is 4.74 Å². The minimum Gasteiger partial charge on any atom is -0.481 e. The third-order valence-electron chi connectivity index (χ3n) is 4.27. The number of carbonyl (C=O) groups is 2. The molecule has 1 saturated carbocycles. The number of carbonyl (C=O) groups excluding carboxylic acids is 1. The zero-order valence-corrected chi connectivity index (χ0v) is 13.0. The molecule has 120 valence electrons. The van der Waals surface area contributed by atoms with Gasteiger partial charge in [0.15, 0.2) is 0 Å². The highest BCUT2D eigenvalue weighted by Crippen LogP contribution is 2.38. The molecule has 0 bridgehead atoms. The van der Waals surface area contributed by atoms with Gasteiger partial charge in [0.2, 0.25) is 5.91 Å². The molecule has 0 aromatic rings. The van der Waals surface area contributed by atoms with Crippen molar-refractivity contribution < 1.29 is 19.4 Å². The molecule has 0 saturated heterocycles. The molecule has 1 fully saturated rings. The number of nitrogens with zero attached hydrogens (tertiary/aromatic N) is 1. The molecule has 1 rings (SSSR count). The molecule has 1 amide bonds. The first-order valence-electron chi connectivity index (χ1n) is 7.67. The molecule has 1 aliphatic rings. The molecule has 0 atom stereocenters. The van der Waals surface area contributed by atoms with Crippen molar-refractivity contribution in [3.8, 4) is 0 Å². The number of carboxylic acid groups (broad SMARTS) is 1. The van der Waals surface area contributed by atoms with Crippen LogP contribution < -0.4 is 0 Å². The number of amides is 1. The Balaban J connectivity index is 2.77. The van der Waals surface area contributed by atoms with Crippen LogP contribution in [0.1, 0.15) is 44.9 Å². The van der Waals surface area contributed by atoms with Crippen LogP contribution in [0.25, 0.3) is 0 Å². The first kappa shape index (κ1) is 17.7. The van der Waals surface area contributed by atoms with Crippen molar-refractivity contribution in [2.24, 2.45) is 5.41 Å². The molecule has 0 aromatic carbocycles. The normalized spacial score (nSPS) is 17.8. The smallest absolute Gasteiger partial charge is 0.310 e. The zero-order chi connectivity index (χ0) is 15.7. The SMILES string of the molecule is C=CCN(CCOC)C(=O)CC1(C(=O)O)CCCCCC1. The van der Waals surface area contributed by atoms with Gasteiger partial charge in [-0.3, -0.25) is 9.59 Å². The molecule has 0 radical (unpaired) electrons. The largest absolute Gasteiger partial charge is 0.481 e. The highest BCUT2D eigenvalue weighted by atomic mass is 16.5. The first-order valence-corrected chi connectivity index (χ1v) is 7.67. The monoisotopic (exact) mass is 297 g/mol. The average molecular weight is 297 g/mol. The summed E-state index contributed by atoms with van der Waals surface area (Å²) < 4.78 is 5.01. The standard InChI is InChI=1S/C16H27NO4/c1-3-10-17(11-12-21-2)14(18)13-16(15(19)20)8-6-4-5-7-9-16/h3H,1,4-13H2,2H3,(H,19,20). The van der Waals surface area contributed by atoms with Crippen LogP contribution in [-0.2, 0) is 14.3 Å². The van der Waals surface area contributed by atoms with E-state index in [9.17, 15) is 14.7 Å². The summed E-state index contributed by atoms with van der Waals surface area (Å²) in [7, 11) is 1.58. The quantitative estimate of drug-likeness (QED) is 0.552. The molecule has 5 heteroatoms. The van der Waals surface area contributed by atoms with Gasteiger partial charge in [0.1, 0.15) is 0 Å². The summed E-state index contributed by atoms with van der Waals surface area (Å²) in [6.07, 6.45) is 6.83. The van der Waals surface area contributed by atoms with E-state index in [2.05, 4.69) is 6.58 Å². The third kappa shape index (κ3) is 5.16. The second-order valence-electron chi connectivity index (χ2n) is 5.80. The molecule has 0 aliphatic heterocycles. The summed E-state index contributed by atoms with van der Waals surface area (Å²) in [4.78, 5) is 25.9. The van der Waals surface area contributed by atoms with Crippen LogP contribution in [-0.4, -0.2) is 48.7 Å². The van der Waals surface area contributed by atoms with Gasteiger partial charge in [0.05, 0.1) is 12.0 Å². The van der Waals surface area contributed by atoms with Crippen LogP contribution in [0.4, 0.5) is 0 Å². The van der Waals surface area contributed by atoms with Crippen LogP contribution in [0.15, 0.2) is 12.7 Å². The van der Waals surface area contributed by atoms with Crippen molar-refractivity contribution >= 4 is 11.9 Å². The van der Waals surface area contributed by atoms with Gasteiger partial charge >= 0.3 is 5.97 Å². The van der Waals surface area contributed by atoms with Gasteiger partial charge < -0.3 is 14.7 Å². The molecule has 0 aromatic heterocycles. The fourth-order valence-electron chi connectivity index (χ4n) is 2.95. The lowest BCUT2D eigenvalue weighted by Gasteiger charge is -2.30. The maximum absolute atomic E-state index is 12.5. The van der Waals surface area contributed by atoms with Crippen molar-refractivity contribution in [3.63, 3.8) is 0 Å². The number of rotatable bonds is 8. The molecule has 21 heavy (non-hydrogen) atoms. The van der Waals surface area contributed by atoms with Gasteiger partial charge in [-0.2, -0.15) is 0 Å². The van der Waals surface area contributed by atoms with Crippen molar-refractivity contribution in [1.82, 2.24) is 4.90 Å². The van der Waals surface area contributed by atoms with E-state index >= 15 is 0 Å². The van der Waals surface area contributed by atoms with E-state index in [0.717, 1.165) is 25.7 Å². The predicted molar refractivity (Wildman–Crippen MR) is 81.0 cm³/mol. The maximum Gasteiger partial charge on any atom is 0.310 e. The Hall–Kier alpha value is -1.36. The lowest BCUT2D eigenvalue weighted by molar-refractivity contribution is -0.154. The minimum absolute atomic E-state index is 0.0832. The van der Waals surface area contributed by atoms with E-state index in [1.54, 1.807) is 18.1 Å². The molecule has 0 spiro atoms. The second-order valence-corrected chi connectivity index (χ2v) is 5.80. The van der Waals surface area contributed by atoms with E-state index in [1.165, 1.54) is 0 Å². The Kier molecular flexibility index (Phi) is 7.43. The molecule has 0 unspecified atom stereocenters. The van der Waals surface area contributed by atoms with Crippen molar-refractivity contribution in [1.29, 1.82) is 0 Å². The Morgan fingerprint density at radius 1 is 1.29 bits per heavy atom. The fraction of sp³-hybridized carbons (Fsp3) is 0.750. The van der Waals surface area contributed by atoms with Crippen LogP contribution >= 0.6 is 0 Å². The van der Waals surface area contributed by atoms with E-state index < -0.39 is 11.4 Å². The Morgan fingerprint density at radius 3 is 2.38 bits per heavy atom. The van der Waals surface area contributed by atoms with Crippen molar-refractivity contribution in [2.45, 2.75) is 44.9 Å². The van der Waals surface area contributed by atoms with Crippen LogP contribution in [0.2, 0.25) is 0 Å². The first-order chi connectivity index (χ1) is 10.1. The number of aliphatic carboxylic acids is 1. The second kappa shape index (κ2) is 8.82. The fourth-order valence-corrected chi connectivity index (χ4v) is 2.95. The molecular weight excluding hydrogens is 270 g/mol. The summed E-state index contributed by atoms with van der Waals surface area (Å²) >= 11 is 0. The third-order valence-corrected chi connectivity index (χ3v) is 4.27. The summed E-state index contributed by atoms with van der Waals surface area (Å²) in [5.74, 6) is -0.945. The number of hydrogen-bond acceptors (Lipinski definition) is 3. The number of carboxylic acids is 1. The number of ether oxygens (including phenoxy) is 1. The van der Waals surface area contributed by atoms with Crippen LogP contribution in [0.5, 0.6) is 0 Å². The Labute approximate surface area is 127 Å². The van der Waals surface area contributed by atoms with Crippen molar-refractivity contribution in [3.05, 3.63) is 12.7 Å². The summed E-state index contributed by atoms with van der Waals surface area (Å²) in [5, 5.41) is 9.63. The Bertz CT molecular complexity index is 359. The minimum atomic E-state index is -0.889. The van der Waals surface area contributed by atoms with Gasteiger partial charge in [-0.25, -0.2) is 0 Å². The van der Waals surface area contributed by atoms with Crippen LogP contribution in [0, 0.1) is 5.41 Å². The number of methoxy groups -OCH3 is 1. The highest BCUT2D eigenvalue weighted by molar-refractivity contribution is 5.85. The van der Waals surface area contributed by atoms with E-state index in [1.807, 2.05) is 0 Å². The van der Waals surface area contributed by atoms with Gasteiger partial charge in [-0.05, 0) is 12.8 Å². The summed E-state index contributed by atoms with van der Waals surface area (Å²) in [6, 6.07) is 0. The van der Waals surface area contributed by atoms with Crippen molar-refractivity contribution in [2.75, 3.05) is 26.8 Å². The van der Waals surface area contributed by atoms with Gasteiger partial charge in [0.25, 0.3) is 0 Å². The molecule has 1 aliphatic carbocycles. The highest BCUT2D eigenvalue weighted by Gasteiger charge is 2.41. The Morgan fingerprint density at radius 2 is 1.90 bits per heavy atom. The maximum atomic E-state index is 12.5. The molecular formula is C16H27NO4. The van der Waals surface area contributed by atoms with E-state index in [-0.39, 0.29) is 12.3 Å². The topological polar surface area (TPSA) is 66.8 Å². The average Bonchev–Trinajstić information content (AvgIpc) is 2.70. The van der Waals surface area contributed by atoms with E-state index in [0.29, 0.717) is 32.5 Å². The lowest BCUT2D eigenvalue weighted by atomic mass is 9.77. The lowest BCUT2D eigenvalue weighted by Crippen LogP contribution is -2.41. The van der Waals surface area contributed by atoms with Gasteiger partial charge in [-0.15, -0.1) is 6.58 Å². The predicted octanol–water partition coefficient (Wildman–Crippen LogP) is 2.46. The zero-order valence-electron chi connectivity index (χ0n) is 13.0. The van der Waals surface area contributed by atoms with Gasteiger partial charge in [-0.1, -0.05) is 31.8 Å². The molecule has 5 nitrogen and oxygen atoms in total. The van der Waals surface area contributed by atoms with Gasteiger partial charge in [0, 0.05) is 26.6 Å². The number of hydrogen-bond donors (Lipinski definition) is 1.